The quantitative estimate of drug-likeness (QED) is 0.174. The summed E-state index contributed by atoms with van der Waals surface area (Å²) in [4.78, 5) is 17.8. The highest BCUT2D eigenvalue weighted by atomic mass is 15.1. The second-order valence-electron chi connectivity index (χ2n) is 12.8. The summed E-state index contributed by atoms with van der Waals surface area (Å²) < 4.78 is 0. The molecule has 0 spiro atoms. The van der Waals surface area contributed by atoms with Gasteiger partial charge in [0.15, 0.2) is 0 Å². The van der Waals surface area contributed by atoms with Gasteiger partial charge in [-0.25, -0.2) is 9.97 Å². The van der Waals surface area contributed by atoms with Crippen molar-refractivity contribution < 1.29 is 0 Å². The van der Waals surface area contributed by atoms with Crippen molar-refractivity contribution >= 4 is 71.3 Å². The normalized spacial score (nSPS) is 11.5. The van der Waals surface area contributed by atoms with Crippen molar-refractivity contribution in [3.63, 3.8) is 0 Å². The average Bonchev–Trinajstić information content (AvgIpc) is 3.21. The molecule has 10 rings (SSSR count). The van der Waals surface area contributed by atoms with Crippen LogP contribution >= 0.6 is 0 Å². The van der Waals surface area contributed by atoms with Crippen LogP contribution in [0.15, 0.2) is 182 Å². The number of rotatable bonds is 5. The maximum Gasteiger partial charge on any atom is 0.0972 e. The van der Waals surface area contributed by atoms with Gasteiger partial charge in [-0.15, -0.1) is 0 Å². The molecule has 0 aliphatic heterocycles. The molecule has 10 aromatic rings. The summed E-state index contributed by atoms with van der Waals surface area (Å²) in [6.45, 7) is 0. The number of nitrogens with zero attached hydrogens (tertiary/aromatic N) is 4. The molecule has 0 unspecified atom stereocenters. The Bertz CT molecular complexity index is 2870. The van der Waals surface area contributed by atoms with Crippen LogP contribution in [0.2, 0.25) is 0 Å². The Kier molecular flexibility index (Phi) is 6.78. The van der Waals surface area contributed by atoms with Gasteiger partial charge >= 0.3 is 0 Å². The van der Waals surface area contributed by atoms with Crippen LogP contribution in [0.25, 0.3) is 76.8 Å². The highest BCUT2D eigenvalue weighted by molar-refractivity contribution is 6.24. The van der Waals surface area contributed by atoms with Gasteiger partial charge in [0, 0.05) is 55.6 Å². The van der Waals surface area contributed by atoms with E-state index in [1.54, 1.807) is 0 Å². The fourth-order valence-electron chi connectivity index (χ4n) is 7.45. The molecule has 0 aliphatic rings. The lowest BCUT2D eigenvalue weighted by Crippen LogP contribution is -2.11. The molecule has 0 atom stereocenters. The summed E-state index contributed by atoms with van der Waals surface area (Å²) in [5.74, 6) is 0. The number of anilines is 3. The second-order valence-corrected chi connectivity index (χ2v) is 12.8. The van der Waals surface area contributed by atoms with Crippen molar-refractivity contribution in [3.8, 4) is 22.5 Å². The fraction of sp³-hybridized carbons (Fsp3) is 0. The Labute approximate surface area is 294 Å². The molecule has 0 saturated heterocycles. The summed E-state index contributed by atoms with van der Waals surface area (Å²) in [5, 5.41) is 7.88. The van der Waals surface area contributed by atoms with E-state index >= 15 is 0 Å². The lowest BCUT2D eigenvalue weighted by atomic mass is 9.93. The predicted octanol–water partition coefficient (Wildman–Crippen LogP) is 12.4. The standard InChI is InChI=1S/C47H30N4/c1-4-12-32(13-5-1)44-39-27-25-31-21-24-35(41-28-26-34-23-22-33-14-11-29-48-45(33)46(34)49-41)30-40(31)43(39)38-19-10-20-42(47(38)50-44)51(36-15-6-2-7-16-36)37-17-8-3-9-18-37/h1-30H. The molecule has 0 fully saturated rings. The first-order valence-electron chi connectivity index (χ1n) is 17.2. The van der Waals surface area contributed by atoms with E-state index in [2.05, 4.69) is 175 Å². The van der Waals surface area contributed by atoms with Crippen LogP contribution in [0.1, 0.15) is 0 Å². The van der Waals surface area contributed by atoms with Gasteiger partial charge < -0.3 is 4.90 Å². The minimum absolute atomic E-state index is 0.913. The maximum atomic E-state index is 5.54. The maximum absolute atomic E-state index is 5.54. The molecule has 0 N–H and O–H groups in total. The molecule has 4 nitrogen and oxygen atoms in total. The lowest BCUT2D eigenvalue weighted by Gasteiger charge is -2.27. The summed E-state index contributed by atoms with van der Waals surface area (Å²) in [6, 6.07) is 61.9. The van der Waals surface area contributed by atoms with Crippen LogP contribution in [0.5, 0.6) is 0 Å². The van der Waals surface area contributed by atoms with Crippen molar-refractivity contribution in [2.24, 2.45) is 0 Å². The Morgan fingerprint density at radius 2 is 1.06 bits per heavy atom. The third kappa shape index (κ3) is 4.88. The van der Waals surface area contributed by atoms with E-state index in [1.165, 1.54) is 10.8 Å². The van der Waals surface area contributed by atoms with Crippen molar-refractivity contribution in [1.82, 2.24) is 15.0 Å². The number of pyridine rings is 3. The molecule has 238 valence electrons. The van der Waals surface area contributed by atoms with Crippen molar-refractivity contribution in [3.05, 3.63) is 182 Å². The smallest absolute Gasteiger partial charge is 0.0972 e. The monoisotopic (exact) mass is 650 g/mol. The third-order valence-corrected chi connectivity index (χ3v) is 9.83. The molecule has 7 aromatic carbocycles. The van der Waals surface area contributed by atoms with Gasteiger partial charge in [-0.2, -0.15) is 0 Å². The first-order valence-corrected chi connectivity index (χ1v) is 17.2. The van der Waals surface area contributed by atoms with Crippen LogP contribution < -0.4 is 4.90 Å². The van der Waals surface area contributed by atoms with E-state index in [-0.39, 0.29) is 0 Å². The van der Waals surface area contributed by atoms with E-state index in [0.29, 0.717) is 0 Å². The zero-order chi connectivity index (χ0) is 33.7. The van der Waals surface area contributed by atoms with Crippen molar-refractivity contribution in [2.75, 3.05) is 4.90 Å². The van der Waals surface area contributed by atoms with Crippen molar-refractivity contribution in [2.45, 2.75) is 0 Å². The van der Waals surface area contributed by atoms with Gasteiger partial charge in [-0.1, -0.05) is 127 Å². The minimum Gasteiger partial charge on any atom is -0.308 e. The molecule has 0 saturated carbocycles. The Balaban J connectivity index is 1.28. The lowest BCUT2D eigenvalue weighted by molar-refractivity contribution is 1.28. The number of hydrogen-bond acceptors (Lipinski definition) is 4. The van der Waals surface area contributed by atoms with Crippen LogP contribution in [-0.2, 0) is 0 Å². The number of para-hydroxylation sites is 3. The fourth-order valence-corrected chi connectivity index (χ4v) is 7.45. The van der Waals surface area contributed by atoms with E-state index in [9.17, 15) is 0 Å². The Hall–Kier alpha value is -6.91. The number of fused-ring (bicyclic) bond motifs is 8. The third-order valence-electron chi connectivity index (χ3n) is 9.83. The highest BCUT2D eigenvalue weighted by Crippen LogP contribution is 2.44. The second kappa shape index (κ2) is 11.9. The van der Waals surface area contributed by atoms with Gasteiger partial charge in [0.05, 0.1) is 33.6 Å². The first-order chi connectivity index (χ1) is 25.3. The number of aromatic nitrogens is 3. The van der Waals surface area contributed by atoms with E-state index in [4.69, 9.17) is 15.0 Å². The van der Waals surface area contributed by atoms with Crippen LogP contribution in [0.3, 0.4) is 0 Å². The topological polar surface area (TPSA) is 41.9 Å². The molecule has 0 radical (unpaired) electrons. The first kappa shape index (κ1) is 29.0. The Morgan fingerprint density at radius 3 is 1.82 bits per heavy atom. The van der Waals surface area contributed by atoms with Crippen LogP contribution in [0.4, 0.5) is 17.1 Å². The summed E-state index contributed by atoms with van der Waals surface area (Å²) >= 11 is 0. The molecular weight excluding hydrogens is 621 g/mol. The molecule has 0 bridgehead atoms. The van der Waals surface area contributed by atoms with E-state index in [0.717, 1.165) is 83.1 Å². The summed E-state index contributed by atoms with van der Waals surface area (Å²) in [7, 11) is 0. The van der Waals surface area contributed by atoms with E-state index in [1.807, 2.05) is 12.3 Å². The summed E-state index contributed by atoms with van der Waals surface area (Å²) in [6.07, 6.45) is 1.84. The minimum atomic E-state index is 0.913. The highest BCUT2D eigenvalue weighted by Gasteiger charge is 2.20. The summed E-state index contributed by atoms with van der Waals surface area (Å²) in [5.41, 5.74) is 9.95. The molecule has 3 aromatic heterocycles. The van der Waals surface area contributed by atoms with Gasteiger partial charge in [-0.05, 0) is 59.3 Å². The SMILES string of the molecule is c1ccc(-c2nc3c(N(c4ccccc4)c4ccccc4)cccc3c3c2ccc2ccc(-c4ccc5ccc6cccnc6c5n4)cc23)cc1. The van der Waals surface area contributed by atoms with Crippen LogP contribution in [-0.4, -0.2) is 15.0 Å². The molecule has 4 heteroatoms. The zero-order valence-electron chi connectivity index (χ0n) is 27.6. The molecule has 3 heterocycles. The molecule has 0 aliphatic carbocycles. The van der Waals surface area contributed by atoms with Gasteiger partial charge in [0.1, 0.15) is 0 Å². The zero-order valence-corrected chi connectivity index (χ0v) is 27.6. The largest absolute Gasteiger partial charge is 0.308 e. The van der Waals surface area contributed by atoms with Gasteiger partial charge in [0.2, 0.25) is 0 Å². The van der Waals surface area contributed by atoms with Gasteiger partial charge in [0.25, 0.3) is 0 Å². The predicted molar refractivity (Wildman–Crippen MR) is 213 cm³/mol. The molecular formula is C47H30N4. The average molecular weight is 651 g/mol. The van der Waals surface area contributed by atoms with Crippen molar-refractivity contribution in [1.29, 1.82) is 0 Å². The molecule has 0 amide bonds. The van der Waals surface area contributed by atoms with Crippen LogP contribution in [0, 0.1) is 0 Å². The van der Waals surface area contributed by atoms with Gasteiger partial charge in [-0.3, -0.25) is 4.98 Å². The van der Waals surface area contributed by atoms with E-state index < -0.39 is 0 Å². The Morgan fingerprint density at radius 1 is 0.392 bits per heavy atom. The number of benzene rings is 7. The number of hydrogen-bond donors (Lipinski definition) is 0. The molecule has 51 heavy (non-hydrogen) atoms.